The second-order valence-electron chi connectivity index (χ2n) is 10.6. The zero-order chi connectivity index (χ0) is 28.9. The minimum absolute atomic E-state index is 0.0432. The van der Waals surface area contributed by atoms with E-state index in [0.717, 1.165) is 16.5 Å². The summed E-state index contributed by atoms with van der Waals surface area (Å²) in [5.74, 6) is -1.14. The molecule has 1 aromatic heterocycles. The number of urea groups is 1. The Morgan fingerprint density at radius 2 is 1.77 bits per heavy atom. The molecule has 0 radical (unpaired) electrons. The van der Waals surface area contributed by atoms with Gasteiger partial charge in [-0.25, -0.2) is 9.59 Å². The predicted molar refractivity (Wildman–Crippen MR) is 150 cm³/mol. The number of anilines is 1. The lowest BCUT2D eigenvalue weighted by Gasteiger charge is -2.44. The van der Waals surface area contributed by atoms with Crippen LogP contribution in [0.1, 0.15) is 32.8 Å². The van der Waals surface area contributed by atoms with Gasteiger partial charge in [-0.2, -0.15) is 0 Å². The van der Waals surface area contributed by atoms with Crippen LogP contribution < -0.4 is 16.0 Å². The van der Waals surface area contributed by atoms with Gasteiger partial charge in [0.15, 0.2) is 0 Å². The number of amides is 4. The van der Waals surface area contributed by atoms with E-state index in [1.54, 1.807) is 45.0 Å². The van der Waals surface area contributed by atoms with Crippen LogP contribution in [-0.4, -0.2) is 71.3 Å². The second-order valence-corrected chi connectivity index (χ2v) is 10.6. The largest absolute Gasteiger partial charge is 0.469 e. The van der Waals surface area contributed by atoms with Crippen LogP contribution in [-0.2, 0) is 25.5 Å². The number of rotatable bonds is 7. The molecule has 1 aliphatic heterocycles. The van der Waals surface area contributed by atoms with Crippen LogP contribution in [0.3, 0.4) is 0 Å². The molecule has 2 aromatic carbocycles. The van der Waals surface area contributed by atoms with Crippen molar-refractivity contribution in [1.29, 1.82) is 0 Å². The molecule has 1 saturated heterocycles. The van der Waals surface area contributed by atoms with Gasteiger partial charge in [-0.3, -0.25) is 9.59 Å². The number of ether oxygens (including phenoxy) is 2. The third-order valence-corrected chi connectivity index (χ3v) is 6.61. The number of nitrogens with one attached hydrogen (secondary N) is 4. The Kier molecular flexibility index (Phi) is 8.61. The van der Waals surface area contributed by atoms with Crippen LogP contribution >= 0.6 is 0 Å². The van der Waals surface area contributed by atoms with Crippen molar-refractivity contribution >= 4 is 40.6 Å². The smallest absolute Gasteiger partial charge is 0.407 e. The van der Waals surface area contributed by atoms with Crippen LogP contribution in [0.2, 0.25) is 0 Å². The third kappa shape index (κ3) is 6.90. The number of para-hydroxylation sites is 2. The number of aromatic amines is 1. The van der Waals surface area contributed by atoms with Gasteiger partial charge in [0.1, 0.15) is 11.6 Å². The van der Waals surface area contributed by atoms with Crippen molar-refractivity contribution < 1.29 is 28.7 Å². The Labute approximate surface area is 232 Å². The average Bonchev–Trinajstić information content (AvgIpc) is 3.31. The summed E-state index contributed by atoms with van der Waals surface area (Å²) in [7, 11) is 1.22. The molecule has 4 amide bonds. The molecule has 11 heteroatoms. The standard InChI is InChI=1S/C29H35N5O6/c1-29(2,3)40-28(38)33-22(14-18-16-30-21-13-9-8-12-20(18)21)24-17-31-26(36)23(15-25(35)39-4)34(24)27(37)32-19-10-6-5-7-11-19/h5-13,16,22-24,30H,14-15,17H2,1-4H3,(H,31,36)(H,32,37)(H,33,38)/t22-,23+,24+/m1/s1. The minimum Gasteiger partial charge on any atom is -0.469 e. The topological polar surface area (TPSA) is 142 Å². The molecule has 0 saturated carbocycles. The lowest BCUT2D eigenvalue weighted by atomic mass is 9.93. The van der Waals surface area contributed by atoms with E-state index in [9.17, 15) is 19.2 Å². The van der Waals surface area contributed by atoms with Crippen molar-refractivity contribution in [3.63, 3.8) is 0 Å². The molecule has 11 nitrogen and oxygen atoms in total. The van der Waals surface area contributed by atoms with Gasteiger partial charge in [0.25, 0.3) is 0 Å². The number of carbonyl (C=O) groups excluding carboxylic acids is 4. The number of hydrogen-bond donors (Lipinski definition) is 4. The molecule has 0 unspecified atom stereocenters. The molecule has 0 bridgehead atoms. The Balaban J connectivity index is 1.73. The average molecular weight is 550 g/mol. The molecule has 0 spiro atoms. The molecule has 4 N–H and O–H groups in total. The second kappa shape index (κ2) is 12.1. The van der Waals surface area contributed by atoms with Crippen LogP contribution in [0.25, 0.3) is 10.9 Å². The highest BCUT2D eigenvalue weighted by molar-refractivity contribution is 5.96. The molecule has 0 aliphatic carbocycles. The maximum atomic E-state index is 13.8. The quantitative estimate of drug-likeness (QED) is 0.332. The Bertz CT molecular complexity index is 1370. The zero-order valence-electron chi connectivity index (χ0n) is 23.0. The summed E-state index contributed by atoms with van der Waals surface area (Å²) in [5, 5.41) is 9.53. The van der Waals surface area contributed by atoms with Gasteiger partial charge in [-0.15, -0.1) is 0 Å². The van der Waals surface area contributed by atoms with E-state index in [0.29, 0.717) is 12.1 Å². The molecular weight excluding hydrogens is 514 g/mol. The van der Waals surface area contributed by atoms with E-state index in [2.05, 4.69) is 20.9 Å². The molecule has 1 fully saturated rings. The maximum absolute atomic E-state index is 13.8. The summed E-state index contributed by atoms with van der Waals surface area (Å²) in [6.07, 6.45) is 1.15. The van der Waals surface area contributed by atoms with E-state index < -0.39 is 47.7 Å². The fourth-order valence-corrected chi connectivity index (χ4v) is 4.83. The highest BCUT2D eigenvalue weighted by Gasteiger charge is 2.45. The van der Waals surface area contributed by atoms with E-state index >= 15 is 0 Å². The molecule has 3 atom stereocenters. The number of fused-ring (bicyclic) bond motifs is 1. The first-order valence-corrected chi connectivity index (χ1v) is 13.1. The third-order valence-electron chi connectivity index (χ3n) is 6.61. The summed E-state index contributed by atoms with van der Waals surface area (Å²) in [5.41, 5.74) is 1.59. The van der Waals surface area contributed by atoms with Gasteiger partial charge in [0.05, 0.1) is 25.6 Å². The Hall–Kier alpha value is -4.54. The van der Waals surface area contributed by atoms with Gasteiger partial charge in [0, 0.05) is 29.3 Å². The number of piperazine rings is 1. The van der Waals surface area contributed by atoms with Crippen molar-refractivity contribution in [3.8, 4) is 0 Å². The van der Waals surface area contributed by atoms with Crippen LogP contribution in [0.15, 0.2) is 60.8 Å². The van der Waals surface area contributed by atoms with E-state index in [4.69, 9.17) is 9.47 Å². The minimum atomic E-state index is -1.17. The molecule has 2 heterocycles. The molecule has 4 rings (SSSR count). The molecule has 1 aliphatic rings. The number of carbonyl (C=O) groups is 4. The summed E-state index contributed by atoms with van der Waals surface area (Å²) in [4.78, 5) is 56.7. The normalized spacial score (nSPS) is 18.0. The molecule has 212 valence electrons. The lowest BCUT2D eigenvalue weighted by Crippen LogP contribution is -2.69. The fourth-order valence-electron chi connectivity index (χ4n) is 4.83. The van der Waals surface area contributed by atoms with Gasteiger partial charge in [0.2, 0.25) is 5.91 Å². The summed E-state index contributed by atoms with van der Waals surface area (Å²) in [6.45, 7) is 5.32. The number of nitrogens with zero attached hydrogens (tertiary/aromatic N) is 1. The number of H-pyrrole nitrogens is 1. The van der Waals surface area contributed by atoms with Gasteiger partial charge in [-0.1, -0.05) is 36.4 Å². The SMILES string of the molecule is COC(=O)C[C@H]1C(=O)NC[C@@H]([C@@H](Cc2c[nH]c3ccccc23)NC(=O)OC(C)(C)C)N1C(=O)Nc1ccccc1. The Morgan fingerprint density at radius 1 is 1.07 bits per heavy atom. The van der Waals surface area contributed by atoms with Crippen molar-refractivity contribution in [2.45, 2.75) is 57.3 Å². The number of benzene rings is 2. The van der Waals surface area contributed by atoms with Crippen LogP contribution in [0.4, 0.5) is 15.3 Å². The molecule has 40 heavy (non-hydrogen) atoms. The highest BCUT2D eigenvalue weighted by Crippen LogP contribution is 2.25. The number of hydrogen-bond acceptors (Lipinski definition) is 6. The van der Waals surface area contributed by atoms with Crippen molar-refractivity contribution in [2.75, 3.05) is 19.0 Å². The highest BCUT2D eigenvalue weighted by atomic mass is 16.6. The number of aromatic nitrogens is 1. The van der Waals surface area contributed by atoms with Gasteiger partial charge < -0.3 is 35.3 Å². The molecular formula is C29H35N5O6. The van der Waals surface area contributed by atoms with Gasteiger partial charge in [-0.05, 0) is 51.0 Å². The van der Waals surface area contributed by atoms with Crippen molar-refractivity contribution in [2.24, 2.45) is 0 Å². The number of methoxy groups -OCH3 is 1. The first kappa shape index (κ1) is 28.5. The number of esters is 1. The van der Waals surface area contributed by atoms with Gasteiger partial charge >= 0.3 is 18.1 Å². The van der Waals surface area contributed by atoms with E-state index in [-0.39, 0.29) is 13.0 Å². The summed E-state index contributed by atoms with van der Waals surface area (Å²) < 4.78 is 10.4. The number of alkyl carbamates (subject to hydrolysis) is 1. The monoisotopic (exact) mass is 549 g/mol. The first-order valence-electron chi connectivity index (χ1n) is 13.1. The summed E-state index contributed by atoms with van der Waals surface area (Å²) in [6, 6.07) is 13.3. The fraction of sp³-hybridized carbons (Fsp3) is 0.379. The summed E-state index contributed by atoms with van der Waals surface area (Å²) >= 11 is 0. The van der Waals surface area contributed by atoms with Crippen molar-refractivity contribution in [3.05, 3.63) is 66.4 Å². The van der Waals surface area contributed by atoms with Crippen LogP contribution in [0, 0.1) is 0 Å². The maximum Gasteiger partial charge on any atom is 0.407 e. The Morgan fingerprint density at radius 3 is 2.48 bits per heavy atom. The lowest BCUT2D eigenvalue weighted by molar-refractivity contribution is -0.145. The van der Waals surface area contributed by atoms with E-state index in [1.807, 2.05) is 36.5 Å². The molecule has 3 aromatic rings. The van der Waals surface area contributed by atoms with E-state index in [1.165, 1.54) is 12.0 Å². The predicted octanol–water partition coefficient (Wildman–Crippen LogP) is 3.57. The van der Waals surface area contributed by atoms with Crippen molar-refractivity contribution in [1.82, 2.24) is 20.5 Å². The zero-order valence-corrected chi connectivity index (χ0v) is 23.0. The van der Waals surface area contributed by atoms with Crippen LogP contribution in [0.5, 0.6) is 0 Å². The first-order chi connectivity index (χ1) is 19.1.